The molecule has 3 aromatic rings. The minimum absolute atomic E-state index is 0.0669. The van der Waals surface area contributed by atoms with Crippen molar-refractivity contribution in [1.29, 1.82) is 0 Å². The summed E-state index contributed by atoms with van der Waals surface area (Å²) in [5.74, 6) is -0.504. The Labute approximate surface area is 202 Å². The van der Waals surface area contributed by atoms with E-state index in [4.69, 9.17) is 0 Å². The quantitative estimate of drug-likeness (QED) is 0.539. The second kappa shape index (κ2) is 10.2. The van der Waals surface area contributed by atoms with E-state index in [1.165, 1.54) is 16.4 Å². The number of alkyl halides is 3. The Hall–Kier alpha value is -3.21. The van der Waals surface area contributed by atoms with Gasteiger partial charge in [-0.2, -0.15) is 17.5 Å². The van der Waals surface area contributed by atoms with Gasteiger partial charge in [-0.05, 0) is 48.0 Å². The lowest BCUT2D eigenvalue weighted by Gasteiger charge is -2.34. The maximum absolute atomic E-state index is 12.9. The maximum Gasteiger partial charge on any atom is 0.416 e. The molecule has 0 unspecified atom stereocenters. The van der Waals surface area contributed by atoms with E-state index >= 15 is 0 Å². The first kappa shape index (κ1) is 24.9. The first-order chi connectivity index (χ1) is 16.6. The summed E-state index contributed by atoms with van der Waals surface area (Å²) in [6.07, 6.45) is -4.49. The Balaban J connectivity index is 1.32. The molecule has 0 aliphatic carbocycles. The number of benzene rings is 3. The molecule has 1 fully saturated rings. The van der Waals surface area contributed by atoms with E-state index in [0.717, 1.165) is 17.7 Å². The SMILES string of the molecule is O=C(Nc1cccc(C(F)(F)F)c1)c1ccc(CN2CCN(S(=O)(=O)c3ccccc3)CC2)cc1. The van der Waals surface area contributed by atoms with Crippen molar-refractivity contribution in [3.63, 3.8) is 0 Å². The van der Waals surface area contributed by atoms with Gasteiger partial charge in [0.15, 0.2) is 0 Å². The van der Waals surface area contributed by atoms with Gasteiger partial charge in [-0.1, -0.05) is 36.4 Å². The molecule has 4 rings (SSSR count). The number of rotatable bonds is 6. The molecule has 0 atom stereocenters. The number of amides is 1. The predicted octanol–water partition coefficient (Wildman–Crippen LogP) is 4.46. The minimum Gasteiger partial charge on any atom is -0.322 e. The van der Waals surface area contributed by atoms with Crippen LogP contribution in [0.25, 0.3) is 0 Å². The molecule has 3 aromatic carbocycles. The molecule has 1 heterocycles. The van der Waals surface area contributed by atoms with Crippen LogP contribution >= 0.6 is 0 Å². The Bertz CT molecular complexity index is 1270. The van der Waals surface area contributed by atoms with E-state index < -0.39 is 27.7 Å². The number of anilines is 1. The highest BCUT2D eigenvalue weighted by Gasteiger charge is 2.30. The summed E-state index contributed by atoms with van der Waals surface area (Å²) in [5, 5.41) is 2.49. The van der Waals surface area contributed by atoms with E-state index in [1.807, 2.05) is 0 Å². The average Bonchev–Trinajstić information content (AvgIpc) is 2.85. The maximum atomic E-state index is 12.9. The predicted molar refractivity (Wildman–Crippen MR) is 126 cm³/mol. The smallest absolute Gasteiger partial charge is 0.322 e. The highest BCUT2D eigenvalue weighted by atomic mass is 32.2. The first-order valence-corrected chi connectivity index (χ1v) is 12.4. The molecule has 1 amide bonds. The molecule has 184 valence electrons. The topological polar surface area (TPSA) is 69.7 Å². The number of nitrogens with one attached hydrogen (secondary N) is 1. The number of hydrogen-bond donors (Lipinski definition) is 1. The van der Waals surface area contributed by atoms with Crippen molar-refractivity contribution in [2.45, 2.75) is 17.6 Å². The van der Waals surface area contributed by atoms with Crippen LogP contribution in [0.1, 0.15) is 21.5 Å². The molecular formula is C25H24F3N3O3S. The van der Waals surface area contributed by atoms with E-state index in [1.54, 1.807) is 54.6 Å². The molecular weight excluding hydrogens is 479 g/mol. The van der Waals surface area contributed by atoms with Gasteiger partial charge in [0.05, 0.1) is 10.5 Å². The minimum atomic E-state index is -4.49. The molecule has 1 aliphatic rings. The molecule has 1 saturated heterocycles. The number of nitrogens with zero attached hydrogens (tertiary/aromatic N) is 2. The zero-order chi connectivity index (χ0) is 25.1. The lowest BCUT2D eigenvalue weighted by Crippen LogP contribution is -2.48. The van der Waals surface area contributed by atoms with Crippen LogP contribution < -0.4 is 5.32 Å². The lowest BCUT2D eigenvalue weighted by atomic mass is 10.1. The van der Waals surface area contributed by atoms with E-state index in [-0.39, 0.29) is 10.6 Å². The van der Waals surface area contributed by atoms with Gasteiger partial charge in [-0.15, -0.1) is 0 Å². The second-order valence-electron chi connectivity index (χ2n) is 8.22. The van der Waals surface area contributed by atoms with Crippen LogP contribution in [0.5, 0.6) is 0 Å². The van der Waals surface area contributed by atoms with Gasteiger partial charge in [0.2, 0.25) is 10.0 Å². The average molecular weight is 504 g/mol. The van der Waals surface area contributed by atoms with Crippen molar-refractivity contribution in [2.24, 2.45) is 0 Å². The fourth-order valence-corrected chi connectivity index (χ4v) is 5.31. The normalized spacial score (nSPS) is 15.6. The Morgan fingerprint density at radius 3 is 2.14 bits per heavy atom. The number of carbonyl (C=O) groups is 1. The molecule has 10 heteroatoms. The van der Waals surface area contributed by atoms with Crippen molar-refractivity contribution in [3.8, 4) is 0 Å². The van der Waals surface area contributed by atoms with E-state index in [2.05, 4.69) is 10.2 Å². The monoisotopic (exact) mass is 503 g/mol. The van der Waals surface area contributed by atoms with Crippen molar-refractivity contribution in [1.82, 2.24) is 9.21 Å². The van der Waals surface area contributed by atoms with E-state index in [0.29, 0.717) is 38.3 Å². The molecule has 0 radical (unpaired) electrons. The number of sulfonamides is 1. The van der Waals surface area contributed by atoms with Crippen molar-refractivity contribution in [3.05, 3.63) is 95.6 Å². The Morgan fingerprint density at radius 2 is 1.51 bits per heavy atom. The molecule has 0 aromatic heterocycles. The summed E-state index contributed by atoms with van der Waals surface area (Å²) < 4.78 is 65.6. The Kier molecular flexibility index (Phi) is 7.25. The number of halogens is 3. The third kappa shape index (κ3) is 6.08. The third-order valence-electron chi connectivity index (χ3n) is 5.78. The highest BCUT2D eigenvalue weighted by molar-refractivity contribution is 7.89. The second-order valence-corrected chi connectivity index (χ2v) is 10.2. The first-order valence-electron chi connectivity index (χ1n) is 11.0. The summed E-state index contributed by atoms with van der Waals surface area (Å²) in [6.45, 7) is 2.51. The molecule has 0 bridgehead atoms. The van der Waals surface area contributed by atoms with Crippen molar-refractivity contribution >= 4 is 21.6 Å². The van der Waals surface area contributed by atoms with Gasteiger partial charge in [0.1, 0.15) is 0 Å². The highest BCUT2D eigenvalue weighted by Crippen LogP contribution is 2.30. The lowest BCUT2D eigenvalue weighted by molar-refractivity contribution is -0.137. The fraction of sp³-hybridized carbons (Fsp3) is 0.240. The van der Waals surface area contributed by atoms with Crippen molar-refractivity contribution in [2.75, 3.05) is 31.5 Å². The Morgan fingerprint density at radius 1 is 0.857 bits per heavy atom. The third-order valence-corrected chi connectivity index (χ3v) is 7.70. The summed E-state index contributed by atoms with van der Waals surface area (Å²) in [7, 11) is -3.51. The standard InChI is InChI=1S/C25H24F3N3O3S/c26-25(27,28)21-5-4-6-22(17-21)29-24(32)20-11-9-19(10-12-20)18-30-13-15-31(16-14-30)35(33,34)23-7-2-1-3-8-23/h1-12,17H,13-16,18H2,(H,29,32). The molecule has 0 saturated carbocycles. The summed E-state index contributed by atoms with van der Waals surface area (Å²) in [5.41, 5.74) is 0.504. The number of carbonyl (C=O) groups excluding carboxylic acids is 1. The van der Waals surface area contributed by atoms with Gasteiger partial charge < -0.3 is 5.32 Å². The largest absolute Gasteiger partial charge is 0.416 e. The summed E-state index contributed by atoms with van der Waals surface area (Å²) >= 11 is 0. The summed E-state index contributed by atoms with van der Waals surface area (Å²) in [4.78, 5) is 14.9. The van der Waals surface area contributed by atoms with Gasteiger partial charge in [-0.25, -0.2) is 8.42 Å². The van der Waals surface area contributed by atoms with Crippen LogP contribution in [0.2, 0.25) is 0 Å². The molecule has 1 aliphatic heterocycles. The zero-order valence-corrected chi connectivity index (χ0v) is 19.5. The molecule has 0 spiro atoms. The summed E-state index contributed by atoms with van der Waals surface area (Å²) in [6, 6.07) is 19.7. The van der Waals surface area contributed by atoms with Crippen LogP contribution in [0.4, 0.5) is 18.9 Å². The van der Waals surface area contributed by atoms with Gasteiger partial charge in [-0.3, -0.25) is 9.69 Å². The van der Waals surface area contributed by atoms with Crippen LogP contribution in [-0.4, -0.2) is 49.7 Å². The van der Waals surface area contributed by atoms with E-state index in [9.17, 15) is 26.4 Å². The van der Waals surface area contributed by atoms with Gasteiger partial charge in [0, 0.05) is 44.0 Å². The fourth-order valence-electron chi connectivity index (χ4n) is 3.87. The zero-order valence-electron chi connectivity index (χ0n) is 18.7. The molecule has 35 heavy (non-hydrogen) atoms. The van der Waals surface area contributed by atoms with Crippen LogP contribution in [-0.2, 0) is 22.7 Å². The van der Waals surface area contributed by atoms with Crippen LogP contribution in [0.15, 0.2) is 83.8 Å². The van der Waals surface area contributed by atoms with Crippen LogP contribution in [0, 0.1) is 0 Å². The number of hydrogen-bond acceptors (Lipinski definition) is 4. The molecule has 6 nitrogen and oxygen atoms in total. The van der Waals surface area contributed by atoms with Gasteiger partial charge >= 0.3 is 6.18 Å². The van der Waals surface area contributed by atoms with Gasteiger partial charge in [0.25, 0.3) is 5.91 Å². The van der Waals surface area contributed by atoms with Crippen molar-refractivity contribution < 1.29 is 26.4 Å². The molecule has 1 N–H and O–H groups in total. The van der Waals surface area contributed by atoms with Crippen LogP contribution in [0.3, 0.4) is 0 Å². The number of piperazine rings is 1.